The van der Waals surface area contributed by atoms with E-state index in [1.165, 1.54) is 0 Å². The van der Waals surface area contributed by atoms with Crippen LogP contribution in [0.2, 0.25) is 0 Å². The molecule has 0 N–H and O–H groups in total. The van der Waals surface area contributed by atoms with E-state index in [4.69, 9.17) is 0 Å². The molecule has 2 rings (SSSR count). The number of halogens is 6. The topological polar surface area (TPSA) is 44.1 Å². The lowest BCUT2D eigenvalue weighted by atomic mass is 9.94. The zero-order valence-electron chi connectivity index (χ0n) is 11.2. The standard InChI is InChI=1S/C12H12F6N2O2/c13-11(14,15)10-9-7(3-1-4-8(9)21)20(19-10)5-2-6-22-12(16,17)18/h1-6H2. The summed E-state index contributed by atoms with van der Waals surface area (Å²) in [5.41, 5.74) is -1.57. The smallest absolute Gasteiger partial charge is 0.294 e. The van der Waals surface area contributed by atoms with Gasteiger partial charge in [-0.05, 0) is 19.3 Å². The van der Waals surface area contributed by atoms with Crippen molar-refractivity contribution in [2.45, 2.75) is 44.8 Å². The third kappa shape index (κ3) is 3.79. The van der Waals surface area contributed by atoms with Crippen LogP contribution in [0.25, 0.3) is 0 Å². The van der Waals surface area contributed by atoms with Gasteiger partial charge in [0.05, 0.1) is 12.2 Å². The molecule has 1 aliphatic rings. The Kier molecular flexibility index (Phi) is 4.50. The molecule has 22 heavy (non-hydrogen) atoms. The van der Waals surface area contributed by atoms with Crippen molar-refractivity contribution in [1.29, 1.82) is 0 Å². The molecule has 124 valence electrons. The Morgan fingerprint density at radius 1 is 1.14 bits per heavy atom. The lowest BCUT2D eigenvalue weighted by Crippen LogP contribution is -2.17. The molecule has 0 spiro atoms. The van der Waals surface area contributed by atoms with Gasteiger partial charge >= 0.3 is 12.5 Å². The molecular weight excluding hydrogens is 318 g/mol. The molecule has 1 aromatic heterocycles. The third-order valence-corrected chi connectivity index (χ3v) is 3.20. The minimum absolute atomic E-state index is 0.0129. The number of Topliss-reactive ketones (excluding diaryl/α,β-unsaturated/α-hetero) is 1. The quantitative estimate of drug-likeness (QED) is 0.628. The van der Waals surface area contributed by atoms with Gasteiger partial charge in [0.25, 0.3) is 0 Å². The summed E-state index contributed by atoms with van der Waals surface area (Å²) >= 11 is 0. The summed E-state index contributed by atoms with van der Waals surface area (Å²) in [6, 6.07) is 0. The van der Waals surface area contributed by atoms with Crippen molar-refractivity contribution < 1.29 is 35.9 Å². The minimum Gasteiger partial charge on any atom is -0.294 e. The van der Waals surface area contributed by atoms with Crippen LogP contribution in [0.3, 0.4) is 0 Å². The molecule has 1 aromatic rings. The Labute approximate surface area is 121 Å². The Hall–Kier alpha value is -1.58. The Morgan fingerprint density at radius 2 is 1.82 bits per heavy atom. The van der Waals surface area contributed by atoms with Crippen molar-refractivity contribution in [3.8, 4) is 0 Å². The number of ether oxygens (including phenoxy) is 1. The van der Waals surface area contributed by atoms with Gasteiger partial charge in [0.1, 0.15) is 0 Å². The second kappa shape index (κ2) is 5.90. The van der Waals surface area contributed by atoms with E-state index in [9.17, 15) is 31.1 Å². The van der Waals surface area contributed by atoms with Crippen LogP contribution in [-0.2, 0) is 23.9 Å². The van der Waals surface area contributed by atoms with Gasteiger partial charge in [0.2, 0.25) is 0 Å². The van der Waals surface area contributed by atoms with E-state index in [-0.39, 0.29) is 31.5 Å². The number of aromatic nitrogens is 2. The minimum atomic E-state index is -4.78. The van der Waals surface area contributed by atoms with E-state index < -0.39 is 36.2 Å². The molecule has 0 saturated heterocycles. The number of hydrogen-bond donors (Lipinski definition) is 0. The van der Waals surface area contributed by atoms with Crippen LogP contribution in [0.1, 0.15) is 41.0 Å². The number of carbonyl (C=O) groups is 1. The molecule has 4 nitrogen and oxygen atoms in total. The molecule has 0 aliphatic heterocycles. The Balaban J connectivity index is 2.17. The molecule has 0 unspecified atom stereocenters. The summed E-state index contributed by atoms with van der Waals surface area (Å²) in [7, 11) is 0. The summed E-state index contributed by atoms with van der Waals surface area (Å²) in [5.74, 6) is -0.633. The molecule has 0 atom stereocenters. The number of ketones is 1. The third-order valence-electron chi connectivity index (χ3n) is 3.20. The highest BCUT2D eigenvalue weighted by atomic mass is 19.4. The maximum Gasteiger partial charge on any atom is 0.522 e. The summed E-state index contributed by atoms with van der Waals surface area (Å²) in [4.78, 5) is 11.7. The summed E-state index contributed by atoms with van der Waals surface area (Å²) in [6.45, 7) is -0.866. The van der Waals surface area contributed by atoms with E-state index in [2.05, 4.69) is 9.84 Å². The number of hydrogen-bond acceptors (Lipinski definition) is 3. The van der Waals surface area contributed by atoms with E-state index >= 15 is 0 Å². The van der Waals surface area contributed by atoms with Gasteiger partial charge in [-0.15, -0.1) is 13.2 Å². The first-order chi connectivity index (χ1) is 10.1. The molecule has 0 bridgehead atoms. The predicted molar refractivity (Wildman–Crippen MR) is 61.1 cm³/mol. The molecule has 1 aliphatic carbocycles. The van der Waals surface area contributed by atoms with E-state index in [0.29, 0.717) is 6.42 Å². The number of rotatable bonds is 4. The average Bonchev–Trinajstić information content (AvgIpc) is 2.74. The maximum atomic E-state index is 12.9. The van der Waals surface area contributed by atoms with Crippen LogP contribution in [0.5, 0.6) is 0 Å². The monoisotopic (exact) mass is 330 g/mol. The Morgan fingerprint density at radius 3 is 2.41 bits per heavy atom. The first-order valence-corrected chi connectivity index (χ1v) is 6.50. The molecule has 10 heteroatoms. The summed E-state index contributed by atoms with van der Waals surface area (Å²) in [5, 5.41) is 3.38. The van der Waals surface area contributed by atoms with Gasteiger partial charge in [-0.25, -0.2) is 0 Å². The van der Waals surface area contributed by atoms with Gasteiger partial charge in [-0.1, -0.05) is 0 Å². The zero-order chi connectivity index (χ0) is 16.5. The zero-order valence-corrected chi connectivity index (χ0v) is 11.2. The second-order valence-electron chi connectivity index (χ2n) is 4.82. The lowest BCUT2D eigenvalue weighted by Gasteiger charge is -2.14. The average molecular weight is 330 g/mol. The van der Waals surface area contributed by atoms with Crippen LogP contribution in [0.15, 0.2) is 0 Å². The van der Waals surface area contributed by atoms with Crippen molar-refractivity contribution in [3.05, 3.63) is 17.0 Å². The molecule has 1 heterocycles. The SMILES string of the molecule is O=C1CCCc2c1c(C(F)(F)F)nn2CCCOC(F)(F)F. The van der Waals surface area contributed by atoms with Gasteiger partial charge in [0.15, 0.2) is 11.5 Å². The van der Waals surface area contributed by atoms with Crippen LogP contribution in [0.4, 0.5) is 26.3 Å². The highest BCUT2D eigenvalue weighted by Crippen LogP contribution is 2.35. The highest BCUT2D eigenvalue weighted by molar-refractivity contribution is 5.99. The predicted octanol–water partition coefficient (Wildman–Crippen LogP) is 3.35. The van der Waals surface area contributed by atoms with Gasteiger partial charge < -0.3 is 0 Å². The number of aryl methyl sites for hydroxylation is 1. The highest BCUT2D eigenvalue weighted by Gasteiger charge is 2.42. The molecule has 0 aromatic carbocycles. The Bertz CT molecular complexity index is 561. The van der Waals surface area contributed by atoms with Gasteiger partial charge in [-0.3, -0.25) is 14.2 Å². The van der Waals surface area contributed by atoms with Gasteiger partial charge in [-0.2, -0.15) is 18.3 Å². The lowest BCUT2D eigenvalue weighted by molar-refractivity contribution is -0.324. The fraction of sp³-hybridized carbons (Fsp3) is 0.667. The molecular formula is C12H12F6N2O2. The number of fused-ring (bicyclic) bond motifs is 1. The molecule has 0 radical (unpaired) electrons. The van der Waals surface area contributed by atoms with E-state index in [1.54, 1.807) is 0 Å². The number of carbonyl (C=O) groups excluding carboxylic acids is 1. The number of nitrogens with zero attached hydrogens (tertiary/aromatic N) is 2. The van der Waals surface area contributed by atoms with Crippen molar-refractivity contribution >= 4 is 5.78 Å². The molecule has 0 amide bonds. The van der Waals surface area contributed by atoms with Crippen molar-refractivity contribution in [3.63, 3.8) is 0 Å². The molecule has 0 saturated carbocycles. The summed E-state index contributed by atoms with van der Waals surface area (Å²) < 4.78 is 78.7. The van der Waals surface area contributed by atoms with Crippen LogP contribution in [-0.4, -0.2) is 28.5 Å². The van der Waals surface area contributed by atoms with Crippen molar-refractivity contribution in [2.24, 2.45) is 0 Å². The van der Waals surface area contributed by atoms with Crippen LogP contribution < -0.4 is 0 Å². The van der Waals surface area contributed by atoms with Crippen molar-refractivity contribution in [1.82, 2.24) is 9.78 Å². The van der Waals surface area contributed by atoms with Crippen LogP contribution in [0, 0.1) is 0 Å². The summed E-state index contributed by atoms with van der Waals surface area (Å²) in [6.07, 6.45) is -9.07. The first kappa shape index (κ1) is 16.8. The normalized spacial score (nSPS) is 16.0. The van der Waals surface area contributed by atoms with E-state index in [1.807, 2.05) is 0 Å². The van der Waals surface area contributed by atoms with Crippen molar-refractivity contribution in [2.75, 3.05) is 6.61 Å². The maximum absolute atomic E-state index is 12.9. The molecule has 0 fully saturated rings. The largest absolute Gasteiger partial charge is 0.522 e. The van der Waals surface area contributed by atoms with E-state index in [0.717, 1.165) is 4.68 Å². The number of alkyl halides is 6. The fourth-order valence-corrected chi connectivity index (χ4v) is 2.37. The second-order valence-corrected chi connectivity index (χ2v) is 4.82. The van der Waals surface area contributed by atoms with Gasteiger partial charge in [0, 0.05) is 18.7 Å². The van der Waals surface area contributed by atoms with Crippen LogP contribution >= 0.6 is 0 Å². The fourth-order valence-electron chi connectivity index (χ4n) is 2.37. The first-order valence-electron chi connectivity index (χ1n) is 6.50.